The molecule has 1 aliphatic rings. The van der Waals surface area contributed by atoms with Crippen molar-refractivity contribution in [2.24, 2.45) is 0 Å². The average Bonchev–Trinajstić information content (AvgIpc) is 2.46. The van der Waals surface area contributed by atoms with E-state index in [0.717, 1.165) is 42.3 Å². The molecule has 4 heteroatoms. The molecule has 0 unspecified atom stereocenters. The monoisotopic (exact) mass is 282 g/mol. The van der Waals surface area contributed by atoms with E-state index in [4.69, 9.17) is 9.97 Å². The van der Waals surface area contributed by atoms with Gasteiger partial charge < -0.3 is 5.32 Å². The normalized spacial score (nSPS) is 14.3. The van der Waals surface area contributed by atoms with Crippen LogP contribution >= 0.6 is 0 Å². The highest BCUT2D eigenvalue weighted by molar-refractivity contribution is 5.56. The fraction of sp³-hybridized carbons (Fsp3) is 0.471. The molecule has 0 aliphatic carbocycles. The lowest BCUT2D eigenvalue weighted by atomic mass is 9.98. The topological polar surface area (TPSA) is 50.7 Å². The summed E-state index contributed by atoms with van der Waals surface area (Å²) >= 11 is 0. The van der Waals surface area contributed by atoms with Crippen molar-refractivity contribution < 1.29 is 0 Å². The van der Waals surface area contributed by atoms with Gasteiger partial charge in [0.05, 0.1) is 11.4 Å². The third kappa shape index (κ3) is 2.68. The summed E-state index contributed by atoms with van der Waals surface area (Å²) in [5.41, 5.74) is 6.84. The first-order chi connectivity index (χ1) is 10.1. The maximum absolute atomic E-state index is 4.83. The quantitative estimate of drug-likeness (QED) is 0.920. The number of nitrogens with one attached hydrogen (secondary N) is 1. The van der Waals surface area contributed by atoms with E-state index in [-0.39, 0.29) is 0 Å². The molecular formula is C17H22N4. The summed E-state index contributed by atoms with van der Waals surface area (Å²) in [5, 5.41) is 3.42. The van der Waals surface area contributed by atoms with Crippen LogP contribution in [0.5, 0.6) is 0 Å². The van der Waals surface area contributed by atoms with Crippen LogP contribution in [0.1, 0.15) is 47.8 Å². The number of nitrogens with zero attached hydrogens (tertiary/aromatic N) is 3. The van der Waals surface area contributed by atoms with E-state index >= 15 is 0 Å². The maximum atomic E-state index is 4.83. The molecular weight excluding hydrogens is 260 g/mol. The molecule has 1 N–H and O–H groups in total. The van der Waals surface area contributed by atoms with Gasteiger partial charge in [-0.25, -0.2) is 9.97 Å². The number of hydrogen-bond acceptors (Lipinski definition) is 4. The van der Waals surface area contributed by atoms with Crippen LogP contribution in [0.3, 0.4) is 0 Å². The fourth-order valence-corrected chi connectivity index (χ4v) is 2.90. The van der Waals surface area contributed by atoms with E-state index in [1.807, 2.05) is 6.20 Å². The highest BCUT2D eigenvalue weighted by Gasteiger charge is 2.20. The number of pyridine rings is 1. The van der Waals surface area contributed by atoms with Gasteiger partial charge in [0.1, 0.15) is 5.69 Å². The molecule has 0 atom stereocenters. The molecule has 4 nitrogen and oxygen atoms in total. The Morgan fingerprint density at radius 2 is 2.00 bits per heavy atom. The van der Waals surface area contributed by atoms with Gasteiger partial charge in [0.15, 0.2) is 5.82 Å². The Kier molecular flexibility index (Phi) is 3.72. The lowest BCUT2D eigenvalue weighted by molar-refractivity contribution is 0.609. The predicted octanol–water partition coefficient (Wildman–Crippen LogP) is 2.92. The molecule has 110 valence electrons. The standard InChI is InChI=1S/C17H22N4/c1-10(2)15-13-9-18-6-5-14(13)20-17(21-15)16-12(4)7-11(3)8-19-16/h7-8,10,18H,5-6,9H2,1-4H3. The van der Waals surface area contributed by atoms with E-state index in [1.165, 1.54) is 16.8 Å². The van der Waals surface area contributed by atoms with Gasteiger partial charge in [0.2, 0.25) is 0 Å². The van der Waals surface area contributed by atoms with Crippen molar-refractivity contribution >= 4 is 0 Å². The van der Waals surface area contributed by atoms with Gasteiger partial charge in [-0.3, -0.25) is 4.98 Å². The highest BCUT2D eigenvalue weighted by Crippen LogP contribution is 2.26. The van der Waals surface area contributed by atoms with E-state index in [1.54, 1.807) is 0 Å². The van der Waals surface area contributed by atoms with E-state index in [0.29, 0.717) is 5.92 Å². The van der Waals surface area contributed by atoms with E-state index < -0.39 is 0 Å². The van der Waals surface area contributed by atoms with Gasteiger partial charge >= 0.3 is 0 Å². The summed E-state index contributed by atoms with van der Waals surface area (Å²) in [4.78, 5) is 14.2. The SMILES string of the molecule is Cc1cnc(-c2nc3c(c(C(C)C)n2)CNCC3)c(C)c1. The molecule has 0 amide bonds. The van der Waals surface area contributed by atoms with Crippen molar-refractivity contribution in [3.05, 3.63) is 40.3 Å². The molecule has 3 rings (SSSR count). The van der Waals surface area contributed by atoms with E-state index in [2.05, 4.69) is 44.1 Å². The number of fused-ring (bicyclic) bond motifs is 1. The molecule has 2 aromatic heterocycles. The van der Waals surface area contributed by atoms with Crippen LogP contribution in [0.15, 0.2) is 12.3 Å². The molecule has 0 spiro atoms. The van der Waals surface area contributed by atoms with Gasteiger partial charge in [-0.1, -0.05) is 19.9 Å². The van der Waals surface area contributed by atoms with Crippen LogP contribution in [0.4, 0.5) is 0 Å². The van der Waals surface area contributed by atoms with Crippen molar-refractivity contribution in [3.63, 3.8) is 0 Å². The Morgan fingerprint density at radius 3 is 2.71 bits per heavy atom. The molecule has 0 fully saturated rings. The second kappa shape index (κ2) is 5.53. The van der Waals surface area contributed by atoms with Crippen molar-refractivity contribution in [1.82, 2.24) is 20.3 Å². The second-order valence-electron chi connectivity index (χ2n) is 6.12. The Labute approximate surface area is 126 Å². The third-order valence-corrected chi connectivity index (χ3v) is 3.94. The van der Waals surface area contributed by atoms with Crippen molar-refractivity contribution in [3.8, 4) is 11.5 Å². The summed E-state index contributed by atoms with van der Waals surface area (Å²) in [5.74, 6) is 1.17. The summed E-state index contributed by atoms with van der Waals surface area (Å²) in [6.45, 7) is 10.4. The Balaban J connectivity index is 2.17. The van der Waals surface area contributed by atoms with Crippen LogP contribution in [0, 0.1) is 13.8 Å². The molecule has 0 bridgehead atoms. The Hall–Kier alpha value is -1.81. The zero-order valence-electron chi connectivity index (χ0n) is 13.2. The minimum atomic E-state index is 0.395. The Morgan fingerprint density at radius 1 is 1.19 bits per heavy atom. The summed E-state index contributed by atoms with van der Waals surface area (Å²) in [6.07, 6.45) is 2.86. The zero-order valence-corrected chi connectivity index (χ0v) is 13.2. The van der Waals surface area contributed by atoms with Crippen molar-refractivity contribution in [2.75, 3.05) is 6.54 Å². The van der Waals surface area contributed by atoms with Gasteiger partial charge in [-0.05, 0) is 30.9 Å². The van der Waals surface area contributed by atoms with Crippen LogP contribution in [0.25, 0.3) is 11.5 Å². The zero-order chi connectivity index (χ0) is 15.0. The molecule has 0 saturated heterocycles. The molecule has 1 aliphatic heterocycles. The first-order valence-corrected chi connectivity index (χ1v) is 7.60. The molecule has 3 heterocycles. The number of hydrogen-bond donors (Lipinski definition) is 1. The fourth-order valence-electron chi connectivity index (χ4n) is 2.90. The maximum Gasteiger partial charge on any atom is 0.178 e. The van der Waals surface area contributed by atoms with Crippen LogP contribution in [0.2, 0.25) is 0 Å². The molecule has 21 heavy (non-hydrogen) atoms. The lowest BCUT2D eigenvalue weighted by Crippen LogP contribution is -2.27. The van der Waals surface area contributed by atoms with E-state index in [9.17, 15) is 0 Å². The molecule has 0 saturated carbocycles. The van der Waals surface area contributed by atoms with Gasteiger partial charge in [-0.2, -0.15) is 0 Å². The largest absolute Gasteiger partial charge is 0.312 e. The summed E-state index contributed by atoms with van der Waals surface area (Å²) in [7, 11) is 0. The van der Waals surface area contributed by atoms with Gasteiger partial charge in [0.25, 0.3) is 0 Å². The third-order valence-electron chi connectivity index (χ3n) is 3.94. The molecule has 0 aromatic carbocycles. The van der Waals surface area contributed by atoms with Crippen LogP contribution in [-0.2, 0) is 13.0 Å². The minimum absolute atomic E-state index is 0.395. The molecule has 0 radical (unpaired) electrons. The first kappa shape index (κ1) is 14.1. The number of aromatic nitrogens is 3. The molecule has 2 aromatic rings. The van der Waals surface area contributed by atoms with Gasteiger partial charge in [0, 0.05) is 31.3 Å². The van der Waals surface area contributed by atoms with Crippen LogP contribution in [-0.4, -0.2) is 21.5 Å². The predicted molar refractivity (Wildman–Crippen MR) is 84.2 cm³/mol. The Bertz CT molecular complexity index is 677. The number of rotatable bonds is 2. The van der Waals surface area contributed by atoms with Crippen molar-refractivity contribution in [1.29, 1.82) is 0 Å². The smallest absolute Gasteiger partial charge is 0.178 e. The van der Waals surface area contributed by atoms with Crippen LogP contribution < -0.4 is 5.32 Å². The lowest BCUT2D eigenvalue weighted by Gasteiger charge is -2.22. The summed E-state index contributed by atoms with van der Waals surface area (Å²) < 4.78 is 0. The summed E-state index contributed by atoms with van der Waals surface area (Å²) in [6, 6.07) is 2.14. The minimum Gasteiger partial charge on any atom is -0.312 e. The van der Waals surface area contributed by atoms with Gasteiger partial charge in [-0.15, -0.1) is 0 Å². The first-order valence-electron chi connectivity index (χ1n) is 7.60. The highest BCUT2D eigenvalue weighted by atomic mass is 15.0. The number of aryl methyl sites for hydroxylation is 2. The average molecular weight is 282 g/mol. The van der Waals surface area contributed by atoms with Crippen molar-refractivity contribution in [2.45, 2.75) is 46.6 Å². The second-order valence-corrected chi connectivity index (χ2v) is 6.12.